The lowest BCUT2D eigenvalue weighted by atomic mass is 10.0. The molecule has 0 aromatic heterocycles. The van der Waals surface area contributed by atoms with E-state index in [4.69, 9.17) is 4.74 Å². The van der Waals surface area contributed by atoms with Crippen LogP contribution in [0.3, 0.4) is 0 Å². The second-order valence-corrected chi connectivity index (χ2v) is 7.97. The van der Waals surface area contributed by atoms with Crippen molar-refractivity contribution in [3.8, 4) is 5.75 Å². The maximum Gasteiger partial charge on any atom is 0.222 e. The number of carbonyl (C=O) groups is 2. The topological polar surface area (TPSA) is 58.6 Å². The Hall–Kier alpha value is -2.82. The van der Waals surface area contributed by atoms with Crippen LogP contribution >= 0.6 is 0 Å². The van der Waals surface area contributed by atoms with Crippen LogP contribution in [-0.2, 0) is 16.0 Å². The Kier molecular flexibility index (Phi) is 8.30. The van der Waals surface area contributed by atoms with Crippen LogP contribution in [0.25, 0.3) is 0 Å². The second-order valence-electron chi connectivity index (χ2n) is 7.97. The molecule has 1 saturated heterocycles. The maximum absolute atomic E-state index is 12.4. The molecule has 1 aliphatic heterocycles. The van der Waals surface area contributed by atoms with Crippen LogP contribution in [0.1, 0.15) is 43.2 Å². The number of rotatable bonds is 9. The van der Waals surface area contributed by atoms with E-state index in [0.29, 0.717) is 25.9 Å². The van der Waals surface area contributed by atoms with E-state index >= 15 is 0 Å². The number of likely N-dealkylation sites (tertiary alicyclic amines) is 1. The van der Waals surface area contributed by atoms with Gasteiger partial charge in [-0.2, -0.15) is 0 Å². The number of carbonyl (C=O) groups excluding carboxylic acids is 2. The van der Waals surface area contributed by atoms with Gasteiger partial charge in [0.25, 0.3) is 0 Å². The number of piperidine rings is 1. The zero-order valence-electron chi connectivity index (χ0n) is 17.8. The average molecular weight is 409 g/mol. The van der Waals surface area contributed by atoms with Crippen LogP contribution in [0.15, 0.2) is 54.6 Å². The predicted octanol–water partition coefficient (Wildman–Crippen LogP) is 3.89. The van der Waals surface area contributed by atoms with Crippen molar-refractivity contribution in [3.05, 3.63) is 65.7 Å². The van der Waals surface area contributed by atoms with E-state index in [1.807, 2.05) is 54.3 Å². The first-order valence-corrected chi connectivity index (χ1v) is 10.9. The Balaban J connectivity index is 1.27. The smallest absolute Gasteiger partial charge is 0.222 e. The van der Waals surface area contributed by atoms with Gasteiger partial charge in [-0.15, -0.1) is 0 Å². The third-order valence-corrected chi connectivity index (χ3v) is 5.52. The minimum atomic E-state index is 0.0661. The van der Waals surface area contributed by atoms with Gasteiger partial charge in [0.15, 0.2) is 0 Å². The summed E-state index contributed by atoms with van der Waals surface area (Å²) in [4.78, 5) is 26.6. The highest BCUT2D eigenvalue weighted by Gasteiger charge is 2.23. The Labute approximate surface area is 179 Å². The molecular weight excluding hydrogens is 376 g/mol. The van der Waals surface area contributed by atoms with E-state index in [-0.39, 0.29) is 17.9 Å². The molecular formula is C25H32N2O3. The van der Waals surface area contributed by atoms with Crippen LogP contribution in [0.2, 0.25) is 0 Å². The Morgan fingerprint density at radius 2 is 1.70 bits per heavy atom. The Morgan fingerprint density at radius 1 is 1.00 bits per heavy atom. The van der Waals surface area contributed by atoms with Crippen molar-refractivity contribution in [3.63, 3.8) is 0 Å². The largest absolute Gasteiger partial charge is 0.494 e. The number of aryl methyl sites for hydroxylation is 2. The standard InChI is InChI=1S/C25H32N2O3/c1-20-9-12-23(13-10-20)30-19-5-8-24(28)26-22-15-17-27(18-16-22)25(29)14-11-21-6-3-2-4-7-21/h2-4,6-7,9-10,12-13,22H,5,8,11,14-19H2,1H3,(H,26,28). The minimum absolute atomic E-state index is 0.0661. The third kappa shape index (κ3) is 7.21. The summed E-state index contributed by atoms with van der Waals surface area (Å²) in [6.07, 6.45) is 4.12. The molecule has 5 nitrogen and oxygen atoms in total. The highest BCUT2D eigenvalue weighted by atomic mass is 16.5. The molecule has 0 bridgehead atoms. The van der Waals surface area contributed by atoms with Crippen molar-refractivity contribution in [1.82, 2.24) is 10.2 Å². The van der Waals surface area contributed by atoms with Crippen molar-refractivity contribution in [1.29, 1.82) is 0 Å². The van der Waals surface area contributed by atoms with Gasteiger partial charge in [-0.05, 0) is 50.3 Å². The van der Waals surface area contributed by atoms with Gasteiger partial charge in [-0.3, -0.25) is 9.59 Å². The zero-order chi connectivity index (χ0) is 21.2. The number of ether oxygens (including phenoxy) is 1. The van der Waals surface area contributed by atoms with E-state index in [1.165, 1.54) is 11.1 Å². The summed E-state index contributed by atoms with van der Waals surface area (Å²) < 4.78 is 5.67. The highest BCUT2D eigenvalue weighted by molar-refractivity contribution is 5.77. The lowest BCUT2D eigenvalue weighted by molar-refractivity contribution is -0.132. The molecule has 0 radical (unpaired) electrons. The molecule has 2 amide bonds. The van der Waals surface area contributed by atoms with Crippen LogP contribution in [0.5, 0.6) is 5.75 Å². The van der Waals surface area contributed by atoms with Crippen molar-refractivity contribution in [2.45, 2.75) is 51.5 Å². The van der Waals surface area contributed by atoms with Crippen LogP contribution < -0.4 is 10.1 Å². The number of hydrogen-bond acceptors (Lipinski definition) is 3. The maximum atomic E-state index is 12.4. The molecule has 30 heavy (non-hydrogen) atoms. The summed E-state index contributed by atoms with van der Waals surface area (Å²) >= 11 is 0. The summed E-state index contributed by atoms with van der Waals surface area (Å²) in [6.45, 7) is 4.01. The molecule has 0 unspecified atom stereocenters. The monoisotopic (exact) mass is 408 g/mol. The lowest BCUT2D eigenvalue weighted by Crippen LogP contribution is -2.46. The molecule has 160 valence electrons. The molecule has 2 aromatic rings. The number of benzene rings is 2. The lowest BCUT2D eigenvalue weighted by Gasteiger charge is -2.32. The van der Waals surface area contributed by atoms with Crippen molar-refractivity contribution >= 4 is 11.8 Å². The quantitative estimate of drug-likeness (QED) is 0.641. The second kappa shape index (κ2) is 11.4. The molecule has 1 N–H and O–H groups in total. The van der Waals surface area contributed by atoms with Gasteiger partial charge >= 0.3 is 0 Å². The first-order valence-electron chi connectivity index (χ1n) is 10.9. The molecule has 1 aliphatic rings. The summed E-state index contributed by atoms with van der Waals surface area (Å²) in [5.74, 6) is 1.11. The van der Waals surface area contributed by atoms with E-state index in [1.54, 1.807) is 0 Å². The summed E-state index contributed by atoms with van der Waals surface area (Å²) in [5, 5.41) is 3.11. The van der Waals surface area contributed by atoms with Gasteiger partial charge in [0, 0.05) is 32.0 Å². The van der Waals surface area contributed by atoms with Gasteiger partial charge in [0.05, 0.1) is 6.61 Å². The van der Waals surface area contributed by atoms with Crippen molar-refractivity contribution < 1.29 is 14.3 Å². The van der Waals surface area contributed by atoms with E-state index in [2.05, 4.69) is 17.4 Å². The molecule has 5 heteroatoms. The van der Waals surface area contributed by atoms with E-state index < -0.39 is 0 Å². The molecule has 0 spiro atoms. The summed E-state index contributed by atoms with van der Waals surface area (Å²) in [7, 11) is 0. The molecule has 0 aliphatic carbocycles. The molecule has 1 fully saturated rings. The van der Waals surface area contributed by atoms with Crippen molar-refractivity contribution in [2.24, 2.45) is 0 Å². The molecule has 0 atom stereocenters. The highest BCUT2D eigenvalue weighted by Crippen LogP contribution is 2.14. The summed E-state index contributed by atoms with van der Waals surface area (Å²) in [6, 6.07) is 18.2. The van der Waals surface area contributed by atoms with Gasteiger partial charge in [-0.1, -0.05) is 48.0 Å². The van der Waals surface area contributed by atoms with E-state index in [0.717, 1.165) is 38.1 Å². The van der Waals surface area contributed by atoms with Gasteiger partial charge < -0.3 is 15.0 Å². The normalized spacial score (nSPS) is 14.4. The number of nitrogens with one attached hydrogen (secondary N) is 1. The van der Waals surface area contributed by atoms with Crippen LogP contribution in [-0.4, -0.2) is 42.5 Å². The van der Waals surface area contributed by atoms with Crippen molar-refractivity contribution in [2.75, 3.05) is 19.7 Å². The number of nitrogens with zero attached hydrogens (tertiary/aromatic N) is 1. The first-order chi connectivity index (χ1) is 14.6. The fraction of sp³-hybridized carbons (Fsp3) is 0.440. The molecule has 0 saturated carbocycles. The van der Waals surface area contributed by atoms with Gasteiger partial charge in [-0.25, -0.2) is 0 Å². The minimum Gasteiger partial charge on any atom is -0.494 e. The average Bonchev–Trinajstić information content (AvgIpc) is 2.77. The van der Waals surface area contributed by atoms with Crippen LogP contribution in [0.4, 0.5) is 0 Å². The van der Waals surface area contributed by atoms with Crippen LogP contribution in [0, 0.1) is 6.92 Å². The van der Waals surface area contributed by atoms with Gasteiger partial charge in [0.1, 0.15) is 5.75 Å². The fourth-order valence-electron chi connectivity index (χ4n) is 3.68. The number of amides is 2. The molecule has 1 heterocycles. The Morgan fingerprint density at radius 3 is 2.40 bits per heavy atom. The SMILES string of the molecule is Cc1ccc(OCCCC(=O)NC2CCN(C(=O)CCc3ccccc3)CC2)cc1. The molecule has 3 rings (SSSR count). The fourth-order valence-corrected chi connectivity index (χ4v) is 3.68. The number of hydrogen-bond donors (Lipinski definition) is 1. The summed E-state index contributed by atoms with van der Waals surface area (Å²) in [5.41, 5.74) is 2.39. The zero-order valence-corrected chi connectivity index (χ0v) is 17.8. The molecule has 2 aromatic carbocycles. The predicted molar refractivity (Wildman–Crippen MR) is 118 cm³/mol. The Bertz CT molecular complexity index is 797. The van der Waals surface area contributed by atoms with Gasteiger partial charge in [0.2, 0.25) is 11.8 Å². The first kappa shape index (κ1) is 21.9. The third-order valence-electron chi connectivity index (χ3n) is 5.52. The van der Waals surface area contributed by atoms with E-state index in [9.17, 15) is 9.59 Å².